The SMILES string of the molecule is Cc1ccc(CN(C)C(=O)CCn2cnc3sc(C)c(C)c3c2=O)c(C)c1. The molecule has 142 valence electrons. The molecule has 0 unspecified atom stereocenters. The zero-order chi connectivity index (χ0) is 19.7. The second-order valence-electron chi connectivity index (χ2n) is 7.14. The molecule has 0 spiro atoms. The highest BCUT2D eigenvalue weighted by Crippen LogP contribution is 2.25. The number of amides is 1. The number of aryl methyl sites for hydroxylation is 5. The topological polar surface area (TPSA) is 55.2 Å². The summed E-state index contributed by atoms with van der Waals surface area (Å²) >= 11 is 1.53. The summed E-state index contributed by atoms with van der Waals surface area (Å²) in [5, 5.41) is 0.677. The van der Waals surface area contributed by atoms with E-state index in [4.69, 9.17) is 0 Å². The smallest absolute Gasteiger partial charge is 0.262 e. The summed E-state index contributed by atoms with van der Waals surface area (Å²) in [4.78, 5) is 33.2. The van der Waals surface area contributed by atoms with E-state index in [1.807, 2.05) is 13.8 Å². The number of carbonyl (C=O) groups excluding carboxylic acids is 1. The molecule has 0 radical (unpaired) electrons. The Bertz CT molecular complexity index is 1070. The van der Waals surface area contributed by atoms with E-state index in [9.17, 15) is 9.59 Å². The molecule has 2 heterocycles. The van der Waals surface area contributed by atoms with Crippen LogP contribution >= 0.6 is 11.3 Å². The van der Waals surface area contributed by atoms with Gasteiger partial charge >= 0.3 is 0 Å². The van der Waals surface area contributed by atoms with Gasteiger partial charge in [-0.25, -0.2) is 4.98 Å². The summed E-state index contributed by atoms with van der Waals surface area (Å²) in [5.41, 5.74) is 4.46. The predicted molar refractivity (Wildman–Crippen MR) is 110 cm³/mol. The number of carbonyl (C=O) groups is 1. The molecular weight excluding hydrogens is 358 g/mol. The maximum Gasteiger partial charge on any atom is 0.262 e. The minimum Gasteiger partial charge on any atom is -0.341 e. The average Bonchev–Trinajstić information content (AvgIpc) is 2.91. The molecular formula is C21H25N3O2S. The number of benzene rings is 1. The first-order valence-corrected chi connectivity index (χ1v) is 9.85. The van der Waals surface area contributed by atoms with Crippen LogP contribution in [0.3, 0.4) is 0 Å². The van der Waals surface area contributed by atoms with Crippen LogP contribution in [-0.2, 0) is 17.9 Å². The normalized spacial score (nSPS) is 11.1. The quantitative estimate of drug-likeness (QED) is 0.674. The Hall–Kier alpha value is -2.47. The third-order valence-corrected chi connectivity index (χ3v) is 6.17. The molecule has 0 aliphatic carbocycles. The maximum atomic E-state index is 12.7. The second kappa shape index (κ2) is 7.64. The highest BCUT2D eigenvalue weighted by Gasteiger charge is 2.14. The molecule has 0 bridgehead atoms. The van der Waals surface area contributed by atoms with Gasteiger partial charge in [0.05, 0.1) is 11.7 Å². The number of aromatic nitrogens is 2. The van der Waals surface area contributed by atoms with Crippen molar-refractivity contribution in [3.8, 4) is 0 Å². The van der Waals surface area contributed by atoms with Gasteiger partial charge in [0, 0.05) is 31.4 Å². The fourth-order valence-corrected chi connectivity index (χ4v) is 4.19. The molecule has 1 amide bonds. The Morgan fingerprint density at radius 1 is 1.22 bits per heavy atom. The fourth-order valence-electron chi connectivity index (χ4n) is 3.20. The van der Waals surface area contributed by atoms with Crippen molar-refractivity contribution in [2.24, 2.45) is 0 Å². The highest BCUT2D eigenvalue weighted by molar-refractivity contribution is 7.18. The fraction of sp³-hybridized carbons (Fsp3) is 0.381. The molecule has 0 N–H and O–H groups in total. The summed E-state index contributed by atoms with van der Waals surface area (Å²) in [5.74, 6) is 0.0141. The average molecular weight is 384 g/mol. The van der Waals surface area contributed by atoms with Crippen LogP contribution in [-0.4, -0.2) is 27.4 Å². The van der Waals surface area contributed by atoms with E-state index in [-0.39, 0.29) is 17.9 Å². The van der Waals surface area contributed by atoms with Crippen LogP contribution in [0, 0.1) is 27.7 Å². The molecule has 3 rings (SSSR count). The van der Waals surface area contributed by atoms with Crippen LogP contribution in [0.5, 0.6) is 0 Å². The van der Waals surface area contributed by atoms with Crippen LogP contribution in [0.4, 0.5) is 0 Å². The molecule has 0 saturated carbocycles. The lowest BCUT2D eigenvalue weighted by molar-refractivity contribution is -0.130. The van der Waals surface area contributed by atoms with Gasteiger partial charge in [-0.15, -0.1) is 11.3 Å². The van der Waals surface area contributed by atoms with Gasteiger partial charge in [0.2, 0.25) is 5.91 Å². The van der Waals surface area contributed by atoms with Crippen LogP contribution in [0.25, 0.3) is 10.2 Å². The Morgan fingerprint density at radius 3 is 2.67 bits per heavy atom. The number of hydrogen-bond donors (Lipinski definition) is 0. The van der Waals surface area contributed by atoms with Gasteiger partial charge in [0.25, 0.3) is 5.56 Å². The molecule has 3 aromatic rings. The summed E-state index contributed by atoms with van der Waals surface area (Å²) in [6, 6.07) is 6.25. The van der Waals surface area contributed by atoms with Crippen molar-refractivity contribution in [2.75, 3.05) is 7.05 Å². The van der Waals surface area contributed by atoms with Crippen LogP contribution < -0.4 is 5.56 Å². The Balaban J connectivity index is 1.70. The molecule has 27 heavy (non-hydrogen) atoms. The first kappa shape index (κ1) is 19.3. The van der Waals surface area contributed by atoms with Gasteiger partial charge in [-0.05, 0) is 44.4 Å². The Morgan fingerprint density at radius 2 is 1.96 bits per heavy atom. The van der Waals surface area contributed by atoms with Gasteiger partial charge in [-0.1, -0.05) is 23.8 Å². The molecule has 0 aliphatic rings. The lowest BCUT2D eigenvalue weighted by Gasteiger charge is -2.19. The van der Waals surface area contributed by atoms with Crippen molar-refractivity contribution in [3.63, 3.8) is 0 Å². The summed E-state index contributed by atoms with van der Waals surface area (Å²) in [6.45, 7) is 8.98. The number of rotatable bonds is 5. The number of hydrogen-bond acceptors (Lipinski definition) is 4. The van der Waals surface area contributed by atoms with Gasteiger partial charge in [-0.3, -0.25) is 14.2 Å². The highest BCUT2D eigenvalue weighted by atomic mass is 32.1. The second-order valence-corrected chi connectivity index (χ2v) is 8.34. The molecule has 0 saturated heterocycles. The molecule has 2 aromatic heterocycles. The van der Waals surface area contributed by atoms with Gasteiger partial charge in [0.1, 0.15) is 4.83 Å². The van der Waals surface area contributed by atoms with Gasteiger partial charge < -0.3 is 4.90 Å². The molecule has 0 atom stereocenters. The van der Waals surface area contributed by atoms with Crippen molar-refractivity contribution in [1.82, 2.24) is 14.5 Å². The van der Waals surface area contributed by atoms with E-state index in [1.165, 1.54) is 22.5 Å². The summed E-state index contributed by atoms with van der Waals surface area (Å²) in [7, 11) is 1.80. The third kappa shape index (κ3) is 3.95. The first-order valence-electron chi connectivity index (χ1n) is 9.03. The standard InChI is InChI=1S/C21H25N3O2S/c1-13-6-7-17(14(2)10-13)11-23(5)18(25)8-9-24-12-22-20-19(21(24)26)15(3)16(4)27-20/h6-7,10,12H,8-9,11H2,1-5H3. The minimum atomic E-state index is -0.0633. The zero-order valence-corrected chi connectivity index (χ0v) is 17.3. The van der Waals surface area contributed by atoms with Crippen molar-refractivity contribution >= 4 is 27.5 Å². The van der Waals surface area contributed by atoms with E-state index in [0.29, 0.717) is 18.5 Å². The molecule has 0 aliphatic heterocycles. The lowest BCUT2D eigenvalue weighted by atomic mass is 10.1. The third-order valence-electron chi connectivity index (χ3n) is 5.05. The Kier molecular flexibility index (Phi) is 5.46. The van der Waals surface area contributed by atoms with Crippen LogP contribution in [0.15, 0.2) is 29.3 Å². The molecule has 5 nitrogen and oxygen atoms in total. The largest absolute Gasteiger partial charge is 0.341 e. The summed E-state index contributed by atoms with van der Waals surface area (Å²) in [6.07, 6.45) is 1.83. The monoisotopic (exact) mass is 383 g/mol. The van der Waals surface area contributed by atoms with E-state index < -0.39 is 0 Å². The number of nitrogens with zero attached hydrogens (tertiary/aromatic N) is 3. The van der Waals surface area contributed by atoms with E-state index in [2.05, 4.69) is 37.0 Å². The van der Waals surface area contributed by atoms with Crippen molar-refractivity contribution < 1.29 is 4.79 Å². The Labute approximate surface area is 163 Å². The van der Waals surface area contributed by atoms with E-state index in [1.54, 1.807) is 22.8 Å². The summed E-state index contributed by atoms with van der Waals surface area (Å²) < 4.78 is 1.55. The first-order chi connectivity index (χ1) is 12.8. The zero-order valence-electron chi connectivity index (χ0n) is 16.5. The van der Waals surface area contributed by atoms with E-state index >= 15 is 0 Å². The van der Waals surface area contributed by atoms with Gasteiger partial charge in [0.15, 0.2) is 0 Å². The molecule has 6 heteroatoms. The van der Waals surface area contributed by atoms with Crippen LogP contribution in [0.2, 0.25) is 0 Å². The predicted octanol–water partition coefficient (Wildman–Crippen LogP) is 3.74. The van der Waals surface area contributed by atoms with Crippen molar-refractivity contribution in [3.05, 3.63) is 62.0 Å². The lowest BCUT2D eigenvalue weighted by Crippen LogP contribution is -2.29. The maximum absolute atomic E-state index is 12.7. The minimum absolute atomic E-state index is 0.0141. The number of fused-ring (bicyclic) bond motifs is 1. The molecule has 0 fully saturated rings. The number of thiophene rings is 1. The van der Waals surface area contributed by atoms with Crippen molar-refractivity contribution in [2.45, 2.75) is 47.2 Å². The van der Waals surface area contributed by atoms with E-state index in [0.717, 1.165) is 20.8 Å². The van der Waals surface area contributed by atoms with Crippen molar-refractivity contribution in [1.29, 1.82) is 0 Å². The molecule has 1 aromatic carbocycles. The van der Waals surface area contributed by atoms with Gasteiger partial charge in [-0.2, -0.15) is 0 Å². The van der Waals surface area contributed by atoms with Crippen LogP contribution in [0.1, 0.15) is 33.6 Å².